The molecule has 0 saturated carbocycles. The predicted molar refractivity (Wildman–Crippen MR) is 108 cm³/mol. The summed E-state index contributed by atoms with van der Waals surface area (Å²) in [6.45, 7) is 0.123. The van der Waals surface area contributed by atoms with Crippen molar-refractivity contribution >= 4 is 34.1 Å². The van der Waals surface area contributed by atoms with Crippen LogP contribution in [0.1, 0.15) is 23.3 Å². The van der Waals surface area contributed by atoms with Gasteiger partial charge in [0, 0.05) is 43.7 Å². The smallest absolute Gasteiger partial charge is 0.273 e. The summed E-state index contributed by atoms with van der Waals surface area (Å²) in [5.41, 5.74) is 0.280. The van der Waals surface area contributed by atoms with Gasteiger partial charge in [0.05, 0.1) is 11.1 Å². The lowest BCUT2D eigenvalue weighted by Gasteiger charge is -2.39. The first-order valence-corrected chi connectivity index (χ1v) is 9.69. The minimum atomic E-state index is -2.82. The first-order valence-electron chi connectivity index (χ1n) is 9.31. The molecule has 8 heteroatoms. The number of carbonyl (C=O) groups excluding carboxylic acids is 1. The first-order chi connectivity index (χ1) is 13.9. The molecule has 1 aliphatic rings. The third-order valence-electron chi connectivity index (χ3n) is 5.08. The molecule has 1 fully saturated rings. The number of benzene rings is 1. The molecular formula is C21H19ClF2N4O. The molecule has 0 bridgehead atoms. The Morgan fingerprint density at radius 2 is 2.03 bits per heavy atom. The topological polar surface area (TPSA) is 58.1 Å². The quantitative estimate of drug-likeness (QED) is 0.673. The van der Waals surface area contributed by atoms with Gasteiger partial charge >= 0.3 is 0 Å². The summed E-state index contributed by atoms with van der Waals surface area (Å²) in [6.07, 6.45) is 2.27. The number of rotatable bonds is 4. The van der Waals surface area contributed by atoms with Gasteiger partial charge < -0.3 is 10.2 Å². The van der Waals surface area contributed by atoms with Gasteiger partial charge in [-0.25, -0.2) is 13.8 Å². The fourth-order valence-electron chi connectivity index (χ4n) is 3.60. The molecule has 0 unspecified atom stereocenters. The van der Waals surface area contributed by atoms with E-state index in [1.54, 1.807) is 18.3 Å². The van der Waals surface area contributed by atoms with Gasteiger partial charge in [0.25, 0.3) is 11.8 Å². The lowest BCUT2D eigenvalue weighted by molar-refractivity contribution is -0.0674. The van der Waals surface area contributed by atoms with E-state index in [4.69, 9.17) is 11.6 Å². The van der Waals surface area contributed by atoms with Crippen molar-refractivity contribution in [2.24, 2.45) is 0 Å². The second kappa shape index (κ2) is 7.91. The second-order valence-corrected chi connectivity index (χ2v) is 7.52. The van der Waals surface area contributed by atoms with Crippen molar-refractivity contribution in [2.75, 3.05) is 18.4 Å². The lowest BCUT2D eigenvalue weighted by Crippen LogP contribution is -2.52. The van der Waals surface area contributed by atoms with Gasteiger partial charge in [0.15, 0.2) is 0 Å². The van der Waals surface area contributed by atoms with Gasteiger partial charge in [-0.05, 0) is 23.6 Å². The van der Waals surface area contributed by atoms with Gasteiger partial charge in [0.2, 0.25) is 0 Å². The van der Waals surface area contributed by atoms with E-state index in [0.717, 1.165) is 5.39 Å². The van der Waals surface area contributed by atoms with Crippen molar-refractivity contribution in [1.29, 1.82) is 0 Å². The van der Waals surface area contributed by atoms with Crippen molar-refractivity contribution in [3.63, 3.8) is 0 Å². The van der Waals surface area contributed by atoms with E-state index in [0.29, 0.717) is 16.2 Å². The summed E-state index contributed by atoms with van der Waals surface area (Å²) in [5, 5.41) is 5.11. The molecule has 4 rings (SSSR count). The van der Waals surface area contributed by atoms with Gasteiger partial charge in [-0.2, -0.15) is 0 Å². The van der Waals surface area contributed by atoms with Crippen molar-refractivity contribution < 1.29 is 13.6 Å². The fraction of sp³-hybridized carbons (Fsp3) is 0.286. The van der Waals surface area contributed by atoms with Crippen LogP contribution in [0.4, 0.5) is 14.6 Å². The summed E-state index contributed by atoms with van der Waals surface area (Å²) < 4.78 is 28.2. The average molecular weight is 417 g/mol. The van der Waals surface area contributed by atoms with Crippen LogP contribution in [0.3, 0.4) is 0 Å². The number of hydrogen-bond acceptors (Lipinski definition) is 4. The number of anilines is 1. The molecule has 0 aliphatic carbocycles. The van der Waals surface area contributed by atoms with Gasteiger partial charge in [-0.1, -0.05) is 35.9 Å². The molecule has 0 spiro atoms. The Hall–Kier alpha value is -2.80. The minimum Gasteiger partial charge on any atom is -0.368 e. The van der Waals surface area contributed by atoms with Crippen LogP contribution in [0, 0.1) is 0 Å². The average Bonchev–Trinajstić information content (AvgIpc) is 2.72. The third-order valence-corrected chi connectivity index (χ3v) is 5.30. The van der Waals surface area contributed by atoms with Crippen LogP contribution in [0.5, 0.6) is 0 Å². The number of amides is 1. The highest BCUT2D eigenvalue weighted by molar-refractivity contribution is 6.30. The molecular weight excluding hydrogens is 398 g/mol. The highest BCUT2D eigenvalue weighted by atomic mass is 35.5. The normalized spacial score (nSPS) is 18.6. The zero-order valence-electron chi connectivity index (χ0n) is 15.5. The van der Waals surface area contributed by atoms with Gasteiger partial charge in [-0.3, -0.25) is 9.78 Å². The first kappa shape index (κ1) is 19.5. The Kier molecular flexibility index (Phi) is 5.32. The van der Waals surface area contributed by atoms with E-state index in [-0.39, 0.29) is 31.1 Å². The molecule has 3 heterocycles. The van der Waals surface area contributed by atoms with E-state index in [9.17, 15) is 13.6 Å². The highest BCUT2D eigenvalue weighted by Crippen LogP contribution is 2.33. The van der Waals surface area contributed by atoms with Crippen LogP contribution < -0.4 is 5.32 Å². The number of alkyl halides is 2. The number of aromatic nitrogens is 2. The van der Waals surface area contributed by atoms with Gasteiger partial charge in [-0.15, -0.1) is 0 Å². The number of nitrogens with zero attached hydrogens (tertiary/aromatic N) is 3. The van der Waals surface area contributed by atoms with Crippen LogP contribution in [-0.4, -0.2) is 45.8 Å². The molecule has 3 aromatic rings. The Morgan fingerprint density at radius 1 is 1.21 bits per heavy atom. The molecule has 1 aliphatic heterocycles. The third kappa shape index (κ3) is 4.29. The van der Waals surface area contributed by atoms with E-state index in [2.05, 4.69) is 15.3 Å². The van der Waals surface area contributed by atoms with Crippen LogP contribution in [0.25, 0.3) is 10.8 Å². The van der Waals surface area contributed by atoms with Crippen LogP contribution >= 0.6 is 11.6 Å². The summed E-state index contributed by atoms with van der Waals surface area (Å²) in [4.78, 5) is 23.1. The van der Waals surface area contributed by atoms with Crippen molar-refractivity contribution in [3.05, 3.63) is 65.6 Å². The molecule has 1 N–H and O–H groups in total. The number of piperidine rings is 1. The molecule has 150 valence electrons. The van der Waals surface area contributed by atoms with Crippen molar-refractivity contribution in [1.82, 2.24) is 14.9 Å². The Bertz CT molecular complexity index is 1020. The molecule has 1 amide bonds. The number of likely N-dealkylation sites (tertiary alicyclic amines) is 1. The molecule has 1 aromatic carbocycles. The number of pyridine rings is 2. The Labute approximate surface area is 171 Å². The van der Waals surface area contributed by atoms with E-state index < -0.39 is 18.4 Å². The maximum Gasteiger partial charge on any atom is 0.273 e. The zero-order valence-corrected chi connectivity index (χ0v) is 16.2. The summed E-state index contributed by atoms with van der Waals surface area (Å²) in [5.74, 6) is -2.64. The summed E-state index contributed by atoms with van der Waals surface area (Å²) in [7, 11) is 0. The molecule has 0 radical (unpaired) electrons. The van der Waals surface area contributed by atoms with Crippen molar-refractivity contribution in [3.8, 4) is 0 Å². The lowest BCUT2D eigenvalue weighted by atomic mass is 9.97. The molecule has 5 nitrogen and oxygen atoms in total. The summed E-state index contributed by atoms with van der Waals surface area (Å²) in [6, 6.07) is 11.9. The molecule has 2 aromatic heterocycles. The number of hydrogen-bond donors (Lipinski definition) is 1. The maximum atomic E-state index is 14.1. The number of halogens is 3. The minimum absolute atomic E-state index is 0.0306. The number of fused-ring (bicyclic) bond motifs is 1. The highest BCUT2D eigenvalue weighted by Gasteiger charge is 2.42. The standard InChI is InChI=1S/C21H19ClF2N4O/c22-15-5-6-18(26-12-15)27-13-16-11-21(23,24)8-10-28(16)20(29)19-17-4-2-1-3-14(17)7-9-25-19/h1-7,9,12,16H,8,10-11,13H2,(H,26,27)/t16-/m0/s1. The van der Waals surface area contributed by atoms with Crippen molar-refractivity contribution in [2.45, 2.75) is 24.8 Å². The fourth-order valence-corrected chi connectivity index (χ4v) is 3.71. The summed E-state index contributed by atoms with van der Waals surface area (Å²) >= 11 is 5.83. The SMILES string of the molecule is O=C(c1nccc2ccccc12)N1CCC(F)(F)C[C@H]1CNc1ccc(Cl)cn1. The monoisotopic (exact) mass is 416 g/mol. The second-order valence-electron chi connectivity index (χ2n) is 7.09. The van der Waals surface area contributed by atoms with Crippen LogP contribution in [-0.2, 0) is 0 Å². The van der Waals surface area contributed by atoms with Crippen LogP contribution in [0.2, 0.25) is 5.02 Å². The molecule has 1 atom stereocenters. The van der Waals surface area contributed by atoms with Crippen LogP contribution in [0.15, 0.2) is 54.9 Å². The van der Waals surface area contributed by atoms with E-state index >= 15 is 0 Å². The number of nitrogens with one attached hydrogen (secondary N) is 1. The Morgan fingerprint density at radius 3 is 2.83 bits per heavy atom. The zero-order chi connectivity index (χ0) is 20.4. The maximum absolute atomic E-state index is 14.1. The Balaban J connectivity index is 1.59. The van der Waals surface area contributed by atoms with Gasteiger partial charge in [0.1, 0.15) is 11.5 Å². The largest absolute Gasteiger partial charge is 0.368 e. The number of carbonyl (C=O) groups is 1. The predicted octanol–water partition coefficient (Wildman–Crippen LogP) is 4.64. The van der Waals surface area contributed by atoms with E-state index in [1.807, 2.05) is 30.3 Å². The van der Waals surface area contributed by atoms with E-state index in [1.165, 1.54) is 11.1 Å². The molecule has 29 heavy (non-hydrogen) atoms. The molecule has 1 saturated heterocycles.